The van der Waals surface area contributed by atoms with Crippen molar-refractivity contribution >= 4 is 24.0 Å². The van der Waals surface area contributed by atoms with Crippen molar-refractivity contribution < 1.29 is 4.79 Å². The molecule has 1 unspecified atom stereocenters. The summed E-state index contributed by atoms with van der Waals surface area (Å²) in [5.74, 6) is 0.447. The van der Waals surface area contributed by atoms with Gasteiger partial charge in [-0.3, -0.25) is 9.69 Å². The Morgan fingerprint density at radius 2 is 2.04 bits per heavy atom. The maximum absolute atomic E-state index is 12.4. The topological polar surface area (TPSA) is 58.4 Å². The van der Waals surface area contributed by atoms with Crippen LogP contribution in [0.25, 0.3) is 0 Å². The molecule has 1 heterocycles. The third kappa shape index (κ3) is 5.20. The quantitative estimate of drug-likeness (QED) is 0.885. The number of para-hydroxylation sites is 1. The van der Waals surface area contributed by atoms with Gasteiger partial charge in [0, 0.05) is 24.8 Å². The molecule has 1 atom stereocenters. The zero-order valence-corrected chi connectivity index (χ0v) is 15.5. The second kappa shape index (κ2) is 8.13. The fourth-order valence-corrected chi connectivity index (χ4v) is 3.13. The van der Waals surface area contributed by atoms with Crippen LogP contribution in [0.15, 0.2) is 24.3 Å². The van der Waals surface area contributed by atoms with Crippen LogP contribution in [0.1, 0.15) is 45.6 Å². The van der Waals surface area contributed by atoms with Gasteiger partial charge in [-0.15, -0.1) is 12.4 Å². The summed E-state index contributed by atoms with van der Waals surface area (Å²) < 4.78 is 0. The minimum absolute atomic E-state index is 0. The summed E-state index contributed by atoms with van der Waals surface area (Å²) in [5, 5.41) is 3.07. The molecule has 1 aliphatic heterocycles. The Morgan fingerprint density at radius 1 is 1.39 bits per heavy atom. The second-order valence-electron chi connectivity index (χ2n) is 7.38. The highest BCUT2D eigenvalue weighted by molar-refractivity contribution is 5.93. The van der Waals surface area contributed by atoms with Gasteiger partial charge in [0.15, 0.2) is 0 Å². The number of carbonyl (C=O) groups excluding carboxylic acids is 1. The van der Waals surface area contributed by atoms with E-state index in [-0.39, 0.29) is 29.8 Å². The number of rotatable bonds is 4. The first-order valence-corrected chi connectivity index (χ1v) is 8.16. The van der Waals surface area contributed by atoms with Crippen LogP contribution in [-0.4, -0.2) is 36.5 Å². The Labute approximate surface area is 146 Å². The van der Waals surface area contributed by atoms with E-state index in [0.717, 1.165) is 25.2 Å². The first kappa shape index (κ1) is 19.9. The van der Waals surface area contributed by atoms with E-state index in [2.05, 4.69) is 44.0 Å². The van der Waals surface area contributed by atoms with Crippen molar-refractivity contribution in [2.75, 3.05) is 25.0 Å². The van der Waals surface area contributed by atoms with Gasteiger partial charge in [0.1, 0.15) is 0 Å². The average molecular weight is 340 g/mol. The highest BCUT2D eigenvalue weighted by Gasteiger charge is 2.33. The number of nitrogens with two attached hydrogens (primary N) is 1. The molecule has 1 amide bonds. The first-order valence-electron chi connectivity index (χ1n) is 8.16. The predicted molar refractivity (Wildman–Crippen MR) is 99.2 cm³/mol. The maximum atomic E-state index is 12.4. The van der Waals surface area contributed by atoms with Crippen molar-refractivity contribution in [3.05, 3.63) is 29.8 Å². The Bertz CT molecular complexity index is 531. The largest absolute Gasteiger partial charge is 0.327 e. The number of nitrogens with zero attached hydrogens (tertiary/aromatic N) is 1. The van der Waals surface area contributed by atoms with E-state index in [0.29, 0.717) is 12.5 Å². The molecule has 0 aliphatic carbocycles. The molecule has 0 saturated carbocycles. The number of piperidine rings is 1. The monoisotopic (exact) mass is 339 g/mol. The summed E-state index contributed by atoms with van der Waals surface area (Å²) in [7, 11) is 0. The lowest BCUT2D eigenvalue weighted by molar-refractivity contribution is -0.118. The summed E-state index contributed by atoms with van der Waals surface area (Å²) in [6.07, 6.45) is 0.947. The predicted octanol–water partition coefficient (Wildman–Crippen LogP) is 3.23. The average Bonchev–Trinajstić information content (AvgIpc) is 2.43. The molecule has 0 aromatic heterocycles. The van der Waals surface area contributed by atoms with Crippen LogP contribution in [0.3, 0.4) is 0 Å². The van der Waals surface area contributed by atoms with Gasteiger partial charge >= 0.3 is 0 Å². The van der Waals surface area contributed by atoms with Crippen molar-refractivity contribution in [1.82, 2.24) is 4.90 Å². The molecule has 3 N–H and O–H groups in total. The minimum Gasteiger partial charge on any atom is -0.327 e. The lowest BCUT2D eigenvalue weighted by atomic mass is 9.80. The van der Waals surface area contributed by atoms with Gasteiger partial charge < -0.3 is 11.1 Å². The molecule has 0 bridgehead atoms. The van der Waals surface area contributed by atoms with Crippen LogP contribution in [0.2, 0.25) is 0 Å². The normalized spacial score (nSPS) is 20.9. The molecule has 0 spiro atoms. The van der Waals surface area contributed by atoms with E-state index in [9.17, 15) is 4.79 Å². The van der Waals surface area contributed by atoms with Gasteiger partial charge in [0.05, 0.1) is 6.54 Å². The Morgan fingerprint density at radius 3 is 2.65 bits per heavy atom. The SMILES string of the molecule is CC(C)c1ccccc1NC(=O)CN1CCC(N)C(C)(C)C1.Cl. The van der Waals surface area contributed by atoms with E-state index in [4.69, 9.17) is 5.73 Å². The van der Waals surface area contributed by atoms with Gasteiger partial charge in [-0.25, -0.2) is 0 Å². The highest BCUT2D eigenvalue weighted by atomic mass is 35.5. The Balaban J connectivity index is 0.00000264. The number of benzene rings is 1. The third-order valence-corrected chi connectivity index (χ3v) is 4.62. The van der Waals surface area contributed by atoms with E-state index in [1.54, 1.807) is 0 Å². The van der Waals surface area contributed by atoms with Crippen molar-refractivity contribution in [2.45, 2.75) is 46.1 Å². The number of amides is 1. The number of hydrogen-bond donors (Lipinski definition) is 2. The van der Waals surface area contributed by atoms with Crippen LogP contribution in [-0.2, 0) is 4.79 Å². The smallest absolute Gasteiger partial charge is 0.238 e. The van der Waals surface area contributed by atoms with Gasteiger partial charge in [-0.05, 0) is 29.4 Å². The first-order chi connectivity index (χ1) is 10.3. The molecule has 4 nitrogen and oxygen atoms in total. The fourth-order valence-electron chi connectivity index (χ4n) is 3.13. The van der Waals surface area contributed by atoms with E-state index < -0.39 is 0 Å². The Kier molecular flexibility index (Phi) is 7.05. The van der Waals surface area contributed by atoms with Crippen molar-refractivity contribution in [3.8, 4) is 0 Å². The molecule has 2 rings (SSSR count). The summed E-state index contributed by atoms with van der Waals surface area (Å²) in [6, 6.07) is 8.24. The number of halogens is 1. The number of nitrogens with one attached hydrogen (secondary N) is 1. The van der Waals surface area contributed by atoms with Gasteiger partial charge in [-0.2, -0.15) is 0 Å². The molecular weight excluding hydrogens is 310 g/mol. The zero-order valence-electron chi connectivity index (χ0n) is 14.6. The summed E-state index contributed by atoms with van der Waals surface area (Å²) in [5.41, 5.74) is 8.32. The molecule has 1 fully saturated rings. The third-order valence-electron chi connectivity index (χ3n) is 4.62. The van der Waals surface area contributed by atoms with Gasteiger partial charge in [0.2, 0.25) is 5.91 Å². The van der Waals surface area contributed by atoms with E-state index in [1.807, 2.05) is 18.2 Å². The molecule has 1 saturated heterocycles. The number of carbonyl (C=O) groups is 1. The van der Waals surface area contributed by atoms with Crippen LogP contribution >= 0.6 is 12.4 Å². The van der Waals surface area contributed by atoms with E-state index in [1.165, 1.54) is 5.56 Å². The van der Waals surface area contributed by atoms with E-state index >= 15 is 0 Å². The van der Waals surface area contributed by atoms with Crippen molar-refractivity contribution in [2.24, 2.45) is 11.1 Å². The van der Waals surface area contributed by atoms with Crippen LogP contribution in [0.4, 0.5) is 5.69 Å². The molecule has 130 valence electrons. The Hall–Kier alpha value is -1.10. The minimum atomic E-state index is 0. The molecule has 1 aromatic carbocycles. The standard InChI is InChI=1S/C18H29N3O.ClH/c1-13(2)14-7-5-6-8-15(14)20-17(22)11-21-10-9-16(19)18(3,4)12-21;/h5-8,13,16H,9-12,19H2,1-4H3,(H,20,22);1H. The molecular formula is C18H30ClN3O. The molecule has 0 radical (unpaired) electrons. The highest BCUT2D eigenvalue weighted by Crippen LogP contribution is 2.28. The number of hydrogen-bond acceptors (Lipinski definition) is 3. The molecule has 23 heavy (non-hydrogen) atoms. The zero-order chi connectivity index (χ0) is 16.3. The van der Waals surface area contributed by atoms with Crippen LogP contribution < -0.4 is 11.1 Å². The summed E-state index contributed by atoms with van der Waals surface area (Å²) in [4.78, 5) is 14.6. The number of anilines is 1. The van der Waals surface area contributed by atoms with Crippen LogP contribution in [0.5, 0.6) is 0 Å². The maximum Gasteiger partial charge on any atom is 0.238 e. The van der Waals surface area contributed by atoms with Crippen LogP contribution in [0, 0.1) is 5.41 Å². The molecule has 5 heteroatoms. The van der Waals surface area contributed by atoms with Crippen molar-refractivity contribution in [3.63, 3.8) is 0 Å². The van der Waals surface area contributed by atoms with Crippen molar-refractivity contribution in [1.29, 1.82) is 0 Å². The second-order valence-corrected chi connectivity index (χ2v) is 7.38. The lowest BCUT2D eigenvalue weighted by Gasteiger charge is -2.42. The summed E-state index contributed by atoms with van der Waals surface area (Å²) >= 11 is 0. The fraction of sp³-hybridized carbons (Fsp3) is 0.611. The van der Waals surface area contributed by atoms with Gasteiger partial charge in [0.25, 0.3) is 0 Å². The summed E-state index contributed by atoms with van der Waals surface area (Å²) in [6.45, 7) is 10.8. The number of likely N-dealkylation sites (tertiary alicyclic amines) is 1. The molecule has 1 aromatic rings. The molecule has 1 aliphatic rings. The van der Waals surface area contributed by atoms with Gasteiger partial charge in [-0.1, -0.05) is 45.9 Å². The lowest BCUT2D eigenvalue weighted by Crippen LogP contribution is -2.53.